The van der Waals surface area contributed by atoms with E-state index in [1.165, 1.54) is 4.90 Å². The van der Waals surface area contributed by atoms with Gasteiger partial charge in [0.2, 0.25) is 0 Å². The number of anilines is 1. The number of benzene rings is 1. The van der Waals surface area contributed by atoms with Crippen molar-refractivity contribution in [1.29, 1.82) is 0 Å². The zero-order valence-corrected chi connectivity index (χ0v) is 11.0. The Labute approximate surface area is 112 Å². The predicted molar refractivity (Wildman–Crippen MR) is 71.9 cm³/mol. The number of hydrogen-bond donors (Lipinski definition) is 0. The van der Waals surface area contributed by atoms with Gasteiger partial charge in [0.1, 0.15) is 13.2 Å². The molecule has 1 fully saturated rings. The van der Waals surface area contributed by atoms with Crippen LogP contribution < -0.4 is 4.90 Å². The first-order valence-corrected chi connectivity index (χ1v) is 6.43. The summed E-state index contributed by atoms with van der Waals surface area (Å²) in [5.41, 5.74) is 1.10. The molecule has 0 aliphatic carbocycles. The van der Waals surface area contributed by atoms with Gasteiger partial charge in [0.15, 0.2) is 0 Å². The van der Waals surface area contributed by atoms with Crippen molar-refractivity contribution in [2.45, 2.75) is 6.92 Å². The normalized spacial score (nSPS) is 15.7. The molecular formula is C14H18N2O3. The highest BCUT2D eigenvalue weighted by Crippen LogP contribution is 2.13. The molecule has 1 heterocycles. The Balaban J connectivity index is 1.96. The third-order valence-corrected chi connectivity index (χ3v) is 3.15. The van der Waals surface area contributed by atoms with Crippen LogP contribution in [0, 0.1) is 0 Å². The van der Waals surface area contributed by atoms with Crippen LogP contribution in [0.4, 0.5) is 5.69 Å². The highest BCUT2D eigenvalue weighted by Gasteiger charge is 2.26. The fourth-order valence-corrected chi connectivity index (χ4v) is 2.10. The maximum Gasteiger partial charge on any atom is 0.255 e. The van der Waals surface area contributed by atoms with Crippen LogP contribution in [0.1, 0.15) is 6.92 Å². The summed E-state index contributed by atoms with van der Waals surface area (Å²) in [6.45, 7) is 3.93. The standard InChI is InChI=1S/C14H18N2O3/c1-2-15(12-6-4-3-5-7-12)8-9-16-13(17)10-19-11-14(16)18/h3-7H,2,8-11H2,1H3. The van der Waals surface area contributed by atoms with Gasteiger partial charge in [0, 0.05) is 25.3 Å². The average molecular weight is 262 g/mol. The van der Waals surface area contributed by atoms with E-state index in [0.29, 0.717) is 13.1 Å². The van der Waals surface area contributed by atoms with Gasteiger partial charge in [-0.05, 0) is 19.1 Å². The molecule has 2 rings (SSSR count). The van der Waals surface area contributed by atoms with Crippen molar-refractivity contribution in [2.24, 2.45) is 0 Å². The molecule has 1 aliphatic heterocycles. The summed E-state index contributed by atoms with van der Waals surface area (Å²) in [5.74, 6) is -0.499. The van der Waals surface area contributed by atoms with Crippen molar-refractivity contribution in [1.82, 2.24) is 4.90 Å². The first kappa shape index (κ1) is 13.5. The van der Waals surface area contributed by atoms with E-state index < -0.39 is 0 Å². The highest BCUT2D eigenvalue weighted by atomic mass is 16.5. The number of rotatable bonds is 5. The van der Waals surface area contributed by atoms with Gasteiger partial charge in [0.05, 0.1) is 0 Å². The lowest BCUT2D eigenvalue weighted by Crippen LogP contribution is -2.49. The molecule has 1 aromatic carbocycles. The minimum atomic E-state index is -0.250. The first-order valence-electron chi connectivity index (χ1n) is 6.43. The first-order chi connectivity index (χ1) is 9.22. The molecule has 0 radical (unpaired) electrons. The Bertz CT molecular complexity index is 431. The molecule has 1 aromatic rings. The number of carbonyl (C=O) groups is 2. The van der Waals surface area contributed by atoms with Crippen molar-refractivity contribution in [3.8, 4) is 0 Å². The SMILES string of the molecule is CCN(CCN1C(=O)COCC1=O)c1ccccc1. The Morgan fingerprint density at radius 3 is 2.37 bits per heavy atom. The second-order valence-corrected chi connectivity index (χ2v) is 4.35. The van der Waals surface area contributed by atoms with E-state index in [4.69, 9.17) is 4.74 Å². The number of carbonyl (C=O) groups excluding carboxylic acids is 2. The van der Waals surface area contributed by atoms with E-state index in [9.17, 15) is 9.59 Å². The number of ether oxygens (including phenoxy) is 1. The Hall–Kier alpha value is -1.88. The van der Waals surface area contributed by atoms with Gasteiger partial charge in [-0.2, -0.15) is 0 Å². The van der Waals surface area contributed by atoms with E-state index >= 15 is 0 Å². The molecule has 0 bridgehead atoms. The average Bonchev–Trinajstić information content (AvgIpc) is 2.43. The smallest absolute Gasteiger partial charge is 0.255 e. The summed E-state index contributed by atoms with van der Waals surface area (Å²) in [7, 11) is 0. The van der Waals surface area contributed by atoms with Gasteiger partial charge in [-0.1, -0.05) is 18.2 Å². The predicted octanol–water partition coefficient (Wildman–Crippen LogP) is 0.898. The van der Waals surface area contributed by atoms with Crippen LogP contribution in [0.25, 0.3) is 0 Å². The van der Waals surface area contributed by atoms with Crippen molar-refractivity contribution in [2.75, 3.05) is 37.7 Å². The van der Waals surface area contributed by atoms with E-state index in [2.05, 4.69) is 11.8 Å². The van der Waals surface area contributed by atoms with E-state index in [1.807, 2.05) is 30.3 Å². The fraction of sp³-hybridized carbons (Fsp3) is 0.429. The topological polar surface area (TPSA) is 49.9 Å². The number of imide groups is 1. The summed E-state index contributed by atoms with van der Waals surface area (Å²) >= 11 is 0. The highest BCUT2D eigenvalue weighted by molar-refractivity contribution is 5.98. The molecule has 0 saturated carbocycles. The summed E-state index contributed by atoms with van der Waals surface area (Å²) in [5, 5.41) is 0. The van der Waals surface area contributed by atoms with Crippen molar-refractivity contribution in [3.63, 3.8) is 0 Å². The third-order valence-electron chi connectivity index (χ3n) is 3.15. The number of para-hydroxylation sites is 1. The summed E-state index contributed by atoms with van der Waals surface area (Å²) in [4.78, 5) is 26.6. The van der Waals surface area contributed by atoms with Gasteiger partial charge in [0.25, 0.3) is 11.8 Å². The minimum absolute atomic E-state index is 0.00318. The number of amides is 2. The van der Waals surface area contributed by atoms with E-state index in [1.54, 1.807) is 0 Å². The zero-order chi connectivity index (χ0) is 13.7. The largest absolute Gasteiger partial charge is 0.370 e. The van der Waals surface area contributed by atoms with Crippen LogP contribution in [-0.2, 0) is 14.3 Å². The third kappa shape index (κ3) is 3.32. The molecule has 1 aliphatic rings. The summed E-state index contributed by atoms with van der Waals surface area (Å²) in [6.07, 6.45) is 0. The molecule has 0 aromatic heterocycles. The van der Waals surface area contributed by atoms with E-state index in [0.717, 1.165) is 12.2 Å². The van der Waals surface area contributed by atoms with Crippen molar-refractivity contribution >= 4 is 17.5 Å². The molecule has 0 spiro atoms. The Morgan fingerprint density at radius 1 is 1.16 bits per heavy atom. The lowest BCUT2D eigenvalue weighted by atomic mass is 10.2. The summed E-state index contributed by atoms with van der Waals surface area (Å²) in [6, 6.07) is 9.96. The molecule has 0 unspecified atom stereocenters. The molecule has 1 saturated heterocycles. The zero-order valence-electron chi connectivity index (χ0n) is 11.0. The molecule has 0 N–H and O–H groups in total. The number of hydrogen-bond acceptors (Lipinski definition) is 4. The van der Waals surface area contributed by atoms with E-state index in [-0.39, 0.29) is 25.0 Å². The fourth-order valence-electron chi connectivity index (χ4n) is 2.10. The number of likely N-dealkylation sites (N-methyl/N-ethyl adjacent to an activating group) is 1. The second kappa shape index (κ2) is 6.33. The maximum atomic E-state index is 11.6. The lowest BCUT2D eigenvalue weighted by molar-refractivity contribution is -0.158. The molecule has 2 amide bonds. The Morgan fingerprint density at radius 2 is 1.79 bits per heavy atom. The number of morpholine rings is 1. The minimum Gasteiger partial charge on any atom is -0.370 e. The van der Waals surface area contributed by atoms with Crippen molar-refractivity contribution in [3.05, 3.63) is 30.3 Å². The van der Waals surface area contributed by atoms with Crippen LogP contribution in [0.5, 0.6) is 0 Å². The molecule has 102 valence electrons. The lowest BCUT2D eigenvalue weighted by Gasteiger charge is -2.29. The summed E-state index contributed by atoms with van der Waals surface area (Å²) < 4.78 is 4.89. The van der Waals surface area contributed by atoms with Crippen LogP contribution in [0.2, 0.25) is 0 Å². The van der Waals surface area contributed by atoms with Crippen LogP contribution in [0.15, 0.2) is 30.3 Å². The van der Waals surface area contributed by atoms with Crippen LogP contribution >= 0.6 is 0 Å². The molecule has 5 nitrogen and oxygen atoms in total. The molecule has 0 atom stereocenters. The monoisotopic (exact) mass is 262 g/mol. The van der Waals surface area contributed by atoms with Crippen LogP contribution in [0.3, 0.4) is 0 Å². The molecule has 19 heavy (non-hydrogen) atoms. The van der Waals surface area contributed by atoms with Gasteiger partial charge in [-0.3, -0.25) is 14.5 Å². The van der Waals surface area contributed by atoms with Gasteiger partial charge < -0.3 is 9.64 Å². The maximum absolute atomic E-state index is 11.6. The number of nitrogens with zero attached hydrogens (tertiary/aromatic N) is 2. The second-order valence-electron chi connectivity index (χ2n) is 4.35. The Kier molecular flexibility index (Phi) is 4.52. The van der Waals surface area contributed by atoms with Gasteiger partial charge in [-0.25, -0.2) is 0 Å². The molecule has 5 heteroatoms. The van der Waals surface area contributed by atoms with Gasteiger partial charge in [-0.15, -0.1) is 0 Å². The van der Waals surface area contributed by atoms with Gasteiger partial charge >= 0.3 is 0 Å². The van der Waals surface area contributed by atoms with Crippen LogP contribution in [-0.4, -0.2) is 49.6 Å². The quantitative estimate of drug-likeness (QED) is 0.740. The van der Waals surface area contributed by atoms with Crippen molar-refractivity contribution < 1.29 is 14.3 Å². The molecular weight excluding hydrogens is 244 g/mol.